The summed E-state index contributed by atoms with van der Waals surface area (Å²) in [5, 5.41) is 12.3. The molecule has 0 spiro atoms. The van der Waals surface area contributed by atoms with E-state index in [1.54, 1.807) is 19.1 Å². The highest BCUT2D eigenvalue weighted by atomic mass is 16.5. The molecule has 1 unspecified atom stereocenters. The van der Waals surface area contributed by atoms with Crippen molar-refractivity contribution in [1.82, 2.24) is 20.8 Å². The number of urea groups is 1. The third-order valence-corrected chi connectivity index (χ3v) is 4.38. The summed E-state index contributed by atoms with van der Waals surface area (Å²) in [5.41, 5.74) is 3.47. The van der Waals surface area contributed by atoms with Gasteiger partial charge in [0.15, 0.2) is 5.69 Å². The van der Waals surface area contributed by atoms with Crippen molar-refractivity contribution in [2.24, 2.45) is 0 Å². The number of aromatic amines is 1. The van der Waals surface area contributed by atoms with Gasteiger partial charge in [-0.25, -0.2) is 9.59 Å². The summed E-state index contributed by atoms with van der Waals surface area (Å²) >= 11 is 0. The molecule has 0 aliphatic carbocycles. The molecule has 8 heteroatoms. The second-order valence-electron chi connectivity index (χ2n) is 6.07. The lowest BCUT2D eigenvalue weighted by atomic mass is 9.99. The van der Waals surface area contributed by atoms with Crippen molar-refractivity contribution in [3.63, 3.8) is 0 Å². The van der Waals surface area contributed by atoms with Gasteiger partial charge in [-0.2, -0.15) is 5.10 Å². The van der Waals surface area contributed by atoms with Crippen LogP contribution in [0.5, 0.6) is 0 Å². The molecule has 3 N–H and O–H groups in total. The van der Waals surface area contributed by atoms with E-state index in [4.69, 9.17) is 4.74 Å². The zero-order valence-electron chi connectivity index (χ0n) is 14.4. The molecule has 1 aliphatic heterocycles. The van der Waals surface area contributed by atoms with Crippen LogP contribution in [0.4, 0.5) is 4.79 Å². The Balaban J connectivity index is 1.66. The first kappa shape index (κ1) is 16.8. The number of rotatable bonds is 4. The maximum atomic E-state index is 12.0. The molecular weight excluding hydrogens is 348 g/mol. The fourth-order valence-electron chi connectivity index (χ4n) is 3.07. The van der Waals surface area contributed by atoms with Crippen molar-refractivity contribution in [3.8, 4) is 11.1 Å². The zero-order chi connectivity index (χ0) is 19.0. The molecule has 0 radical (unpaired) electrons. The van der Waals surface area contributed by atoms with Crippen molar-refractivity contribution in [1.29, 1.82) is 0 Å². The molecular formula is C19H16N4O4. The highest BCUT2D eigenvalue weighted by Crippen LogP contribution is 2.27. The van der Waals surface area contributed by atoms with Crippen molar-refractivity contribution < 1.29 is 19.1 Å². The number of H-pyrrole nitrogens is 1. The molecule has 136 valence electrons. The van der Waals surface area contributed by atoms with Crippen LogP contribution in [0.15, 0.2) is 42.5 Å². The molecule has 4 rings (SSSR count). The zero-order valence-corrected chi connectivity index (χ0v) is 14.4. The minimum absolute atomic E-state index is 0.246. The van der Waals surface area contributed by atoms with Gasteiger partial charge in [0.25, 0.3) is 5.91 Å². The number of carbonyl (C=O) groups is 3. The number of hydrogen-bond donors (Lipinski definition) is 3. The monoisotopic (exact) mass is 364 g/mol. The number of nitrogens with zero attached hydrogens (tertiary/aromatic N) is 1. The summed E-state index contributed by atoms with van der Waals surface area (Å²) in [4.78, 5) is 35.1. The highest BCUT2D eigenvalue weighted by Gasteiger charge is 2.30. The van der Waals surface area contributed by atoms with Gasteiger partial charge in [0.1, 0.15) is 6.04 Å². The van der Waals surface area contributed by atoms with E-state index < -0.39 is 18.0 Å². The van der Waals surface area contributed by atoms with Crippen LogP contribution in [-0.2, 0) is 9.53 Å². The SMILES string of the molecule is CCOC(=O)c1n[nH]c2ccc(-c3ccc(C4NC(=O)NC4=O)cc3)cc12. The molecule has 3 amide bonds. The maximum Gasteiger partial charge on any atom is 0.359 e. The predicted octanol–water partition coefficient (Wildman–Crippen LogP) is 2.29. The van der Waals surface area contributed by atoms with E-state index in [9.17, 15) is 14.4 Å². The van der Waals surface area contributed by atoms with Gasteiger partial charge in [-0.05, 0) is 35.7 Å². The van der Waals surface area contributed by atoms with Gasteiger partial charge < -0.3 is 10.1 Å². The van der Waals surface area contributed by atoms with Crippen molar-refractivity contribution >= 4 is 28.8 Å². The topological polar surface area (TPSA) is 113 Å². The molecule has 1 saturated heterocycles. The second kappa shape index (κ2) is 6.56. The number of carbonyl (C=O) groups excluding carboxylic acids is 3. The lowest BCUT2D eigenvalue weighted by Gasteiger charge is -2.09. The lowest BCUT2D eigenvalue weighted by Crippen LogP contribution is -2.22. The average Bonchev–Trinajstić information content (AvgIpc) is 3.24. The minimum atomic E-state index is -0.682. The Hall–Kier alpha value is -3.68. The van der Waals surface area contributed by atoms with Crippen LogP contribution in [0.2, 0.25) is 0 Å². The van der Waals surface area contributed by atoms with Gasteiger partial charge in [-0.3, -0.25) is 15.2 Å². The third-order valence-electron chi connectivity index (χ3n) is 4.38. The Bertz CT molecular complexity index is 1060. The fourth-order valence-corrected chi connectivity index (χ4v) is 3.07. The molecule has 0 bridgehead atoms. The smallest absolute Gasteiger partial charge is 0.359 e. The Morgan fingerprint density at radius 2 is 1.85 bits per heavy atom. The van der Waals surface area contributed by atoms with Crippen molar-refractivity contribution in [3.05, 3.63) is 53.7 Å². The first-order chi connectivity index (χ1) is 13.1. The summed E-state index contributed by atoms with van der Waals surface area (Å²) in [6, 6.07) is 11.7. The number of ether oxygens (including phenoxy) is 1. The van der Waals surface area contributed by atoms with E-state index in [-0.39, 0.29) is 18.2 Å². The van der Waals surface area contributed by atoms with Gasteiger partial charge in [0.05, 0.1) is 12.1 Å². The van der Waals surface area contributed by atoms with Crippen LogP contribution in [-0.4, -0.2) is 34.7 Å². The van der Waals surface area contributed by atoms with Crippen LogP contribution >= 0.6 is 0 Å². The standard InChI is InChI=1S/C19H16N4O4/c1-2-27-18(25)16-13-9-12(7-8-14(13)22-23-16)10-3-5-11(6-4-10)15-17(24)21-19(26)20-15/h3-9,15H,2H2,1H3,(H,22,23)(H2,20,21,24,26). The fraction of sp³-hybridized carbons (Fsp3) is 0.158. The van der Waals surface area contributed by atoms with E-state index in [1.165, 1.54) is 0 Å². The van der Waals surface area contributed by atoms with Crippen LogP contribution in [0.3, 0.4) is 0 Å². The van der Waals surface area contributed by atoms with E-state index >= 15 is 0 Å². The number of fused-ring (bicyclic) bond motifs is 1. The Morgan fingerprint density at radius 3 is 2.52 bits per heavy atom. The molecule has 8 nitrogen and oxygen atoms in total. The molecule has 27 heavy (non-hydrogen) atoms. The maximum absolute atomic E-state index is 12.0. The van der Waals surface area contributed by atoms with Crippen LogP contribution in [0, 0.1) is 0 Å². The van der Waals surface area contributed by atoms with Crippen LogP contribution < -0.4 is 10.6 Å². The molecule has 0 saturated carbocycles. The first-order valence-electron chi connectivity index (χ1n) is 8.43. The first-order valence-corrected chi connectivity index (χ1v) is 8.43. The second-order valence-corrected chi connectivity index (χ2v) is 6.07. The number of nitrogens with one attached hydrogen (secondary N) is 3. The molecule has 1 atom stereocenters. The molecule has 2 aromatic carbocycles. The summed E-state index contributed by atoms with van der Waals surface area (Å²) in [5.74, 6) is -0.842. The van der Waals surface area contributed by atoms with Gasteiger partial charge in [0.2, 0.25) is 0 Å². The Kier molecular flexibility index (Phi) is 4.08. The summed E-state index contributed by atoms with van der Waals surface area (Å²) in [6.07, 6.45) is 0. The number of aromatic nitrogens is 2. The number of hydrogen-bond acceptors (Lipinski definition) is 5. The largest absolute Gasteiger partial charge is 0.461 e. The molecule has 2 heterocycles. The molecule has 1 aromatic heterocycles. The van der Waals surface area contributed by atoms with E-state index in [0.29, 0.717) is 10.9 Å². The third kappa shape index (κ3) is 3.01. The molecule has 1 aliphatic rings. The van der Waals surface area contributed by atoms with E-state index in [2.05, 4.69) is 20.8 Å². The highest BCUT2D eigenvalue weighted by molar-refractivity contribution is 6.05. The van der Waals surface area contributed by atoms with Gasteiger partial charge >= 0.3 is 12.0 Å². The number of imide groups is 1. The normalized spacial score (nSPS) is 16.3. The Morgan fingerprint density at radius 1 is 1.11 bits per heavy atom. The predicted molar refractivity (Wildman–Crippen MR) is 96.9 cm³/mol. The summed E-state index contributed by atoms with van der Waals surface area (Å²) in [6.45, 7) is 2.02. The summed E-state index contributed by atoms with van der Waals surface area (Å²) in [7, 11) is 0. The van der Waals surface area contributed by atoms with E-state index in [0.717, 1.165) is 16.6 Å². The number of amides is 3. The van der Waals surface area contributed by atoms with Crippen molar-refractivity contribution in [2.45, 2.75) is 13.0 Å². The lowest BCUT2D eigenvalue weighted by molar-refractivity contribution is -0.120. The van der Waals surface area contributed by atoms with Gasteiger partial charge in [0, 0.05) is 5.39 Å². The van der Waals surface area contributed by atoms with Gasteiger partial charge in [-0.15, -0.1) is 0 Å². The number of benzene rings is 2. The summed E-state index contributed by atoms with van der Waals surface area (Å²) < 4.78 is 5.04. The van der Waals surface area contributed by atoms with Crippen LogP contribution in [0.25, 0.3) is 22.0 Å². The molecule has 1 fully saturated rings. The molecule has 3 aromatic rings. The number of esters is 1. The Labute approximate surface area is 153 Å². The van der Waals surface area contributed by atoms with E-state index in [1.807, 2.05) is 30.3 Å². The van der Waals surface area contributed by atoms with Crippen molar-refractivity contribution in [2.75, 3.05) is 6.61 Å². The van der Waals surface area contributed by atoms with Gasteiger partial charge in [-0.1, -0.05) is 30.3 Å². The van der Waals surface area contributed by atoms with Crippen LogP contribution in [0.1, 0.15) is 29.0 Å². The quantitative estimate of drug-likeness (QED) is 0.486. The average molecular weight is 364 g/mol. The minimum Gasteiger partial charge on any atom is -0.461 e.